The molecule has 0 radical (unpaired) electrons. The topological polar surface area (TPSA) is 49.6 Å². The van der Waals surface area contributed by atoms with Crippen LogP contribution in [0.4, 0.5) is 0 Å². The predicted molar refractivity (Wildman–Crippen MR) is 380 cm³/mol. The lowest BCUT2D eigenvalue weighted by atomic mass is 9.99. The zero-order valence-electron chi connectivity index (χ0n) is 54.9. The molecule has 0 saturated carbocycles. The molecule has 0 aliphatic heterocycles. The Bertz CT molecular complexity index is 4710. The summed E-state index contributed by atoms with van der Waals surface area (Å²) in [6, 6.07) is 79.7. The van der Waals surface area contributed by atoms with E-state index >= 15 is 0 Å². The predicted octanol–water partition coefficient (Wildman–Crippen LogP) is 17.7. The van der Waals surface area contributed by atoms with Gasteiger partial charge in [0.1, 0.15) is 57.6 Å². The van der Waals surface area contributed by atoms with Crippen LogP contribution in [0.2, 0.25) is 0 Å². The van der Waals surface area contributed by atoms with Crippen LogP contribution in [0.1, 0.15) is 33.4 Å². The Morgan fingerprint density at radius 1 is 0.315 bits per heavy atom. The Hall–Kier alpha value is -10.3. The molecule has 0 unspecified atom stereocenters. The van der Waals surface area contributed by atoms with Crippen LogP contribution in [-0.2, 0) is 42.3 Å². The standard InChI is InChI=1S/C17H16N.C15H14NO.C15H14NS.C13H14N.C11H12NO.C11H12NS/c1-13-11-14-7-3-4-8-15(14)12-16(13)17-9-5-6-10-18(17)2;2*1-11-12-7-3-4-9-14(12)17-15(11)13-8-5-6-10-16(13)2;1-11-7-3-4-8-12(11)13-9-5-6-10-14(13)2;2*1-9-6-8-13-11(9)10-5-3-4-7-12(10)2/h3-12H,1-2H3;2*3-10H,1-2H3;3-10H,1-2H3;2*3-8H,1-2H3/q6*+1. The van der Waals surface area contributed by atoms with Gasteiger partial charge in [0, 0.05) is 105 Å². The van der Waals surface area contributed by atoms with E-state index in [2.05, 4.69) is 280 Å². The molecule has 0 fully saturated rings. The van der Waals surface area contributed by atoms with E-state index in [-0.39, 0.29) is 0 Å². The quantitative estimate of drug-likeness (QED) is 0.156. The molecular formula is C82H82N6O2S2+6. The summed E-state index contributed by atoms with van der Waals surface area (Å²) in [4.78, 5) is 2.73. The van der Waals surface area contributed by atoms with Crippen LogP contribution < -0.4 is 27.4 Å². The van der Waals surface area contributed by atoms with Crippen LogP contribution >= 0.6 is 22.7 Å². The monoisotopic (exact) mass is 1250 g/mol. The minimum Gasteiger partial charge on any atom is -0.458 e. The summed E-state index contributed by atoms with van der Waals surface area (Å²) >= 11 is 3.67. The summed E-state index contributed by atoms with van der Waals surface area (Å²) < 4.78 is 25.5. The van der Waals surface area contributed by atoms with Crippen molar-refractivity contribution in [3.05, 3.63) is 313 Å². The zero-order chi connectivity index (χ0) is 64.7. The van der Waals surface area contributed by atoms with Crippen molar-refractivity contribution in [3.8, 4) is 66.6 Å². The molecule has 10 aromatic heterocycles. The Kier molecular flexibility index (Phi) is 21.5. The Morgan fingerprint density at radius 2 is 0.761 bits per heavy atom. The minimum atomic E-state index is 0.947. The van der Waals surface area contributed by atoms with Gasteiger partial charge in [-0.05, 0) is 158 Å². The second-order valence-electron chi connectivity index (χ2n) is 23.0. The van der Waals surface area contributed by atoms with Gasteiger partial charge in [-0.1, -0.05) is 84.9 Å². The SMILES string of the molecule is Cc1c(-c2cccc[n+]2C)oc2ccccc12.Cc1c(-c2cccc[n+]2C)sc2ccccc12.Cc1cc2ccccc2cc1-c1cccc[n+]1C.Cc1ccccc1-c1cccc[n+]1C.Cc1ccoc1-c1cccc[n+]1C.Cc1ccsc1-c1cccc[n+]1C. The highest BCUT2D eigenvalue weighted by Gasteiger charge is 2.20. The van der Waals surface area contributed by atoms with Crippen LogP contribution in [-0.4, -0.2) is 0 Å². The fraction of sp³-hybridized carbons (Fsp3) is 0.146. The van der Waals surface area contributed by atoms with Gasteiger partial charge in [0.2, 0.25) is 45.7 Å². The highest BCUT2D eigenvalue weighted by molar-refractivity contribution is 7.22. The van der Waals surface area contributed by atoms with E-state index in [0.29, 0.717) is 0 Å². The van der Waals surface area contributed by atoms with E-state index in [1.54, 1.807) is 17.6 Å². The zero-order valence-corrected chi connectivity index (χ0v) is 56.5. The van der Waals surface area contributed by atoms with Gasteiger partial charge in [-0.15, -0.1) is 22.7 Å². The van der Waals surface area contributed by atoms with E-state index in [4.69, 9.17) is 8.83 Å². The minimum absolute atomic E-state index is 0.947. The summed E-state index contributed by atoms with van der Waals surface area (Å²) in [5.74, 6) is 1.90. The lowest BCUT2D eigenvalue weighted by Crippen LogP contribution is -2.30. The van der Waals surface area contributed by atoms with Gasteiger partial charge in [0.25, 0.3) is 0 Å². The third kappa shape index (κ3) is 15.3. The molecule has 0 saturated heterocycles. The molecule has 8 nitrogen and oxygen atoms in total. The molecule has 0 N–H and O–H groups in total. The van der Waals surface area contributed by atoms with Crippen LogP contribution in [0.15, 0.2) is 288 Å². The van der Waals surface area contributed by atoms with Crippen LogP contribution in [0.3, 0.4) is 0 Å². The van der Waals surface area contributed by atoms with Crippen molar-refractivity contribution in [3.63, 3.8) is 0 Å². The van der Waals surface area contributed by atoms with Gasteiger partial charge in [0.15, 0.2) is 37.2 Å². The summed E-state index contributed by atoms with van der Waals surface area (Å²) in [7, 11) is 12.4. The van der Waals surface area contributed by atoms with Crippen molar-refractivity contribution >= 4 is 54.5 Å². The van der Waals surface area contributed by atoms with Crippen molar-refractivity contribution < 1.29 is 36.2 Å². The number of furan rings is 2. The fourth-order valence-electron chi connectivity index (χ4n) is 11.2. The van der Waals surface area contributed by atoms with Crippen LogP contribution in [0.5, 0.6) is 0 Å². The lowest BCUT2D eigenvalue weighted by Gasteiger charge is -2.06. The smallest absolute Gasteiger partial charge is 0.248 e. The van der Waals surface area contributed by atoms with Crippen molar-refractivity contribution in [2.24, 2.45) is 42.3 Å². The molecule has 0 aliphatic carbocycles. The normalized spacial score (nSPS) is 10.6. The molecule has 0 aliphatic rings. The van der Waals surface area contributed by atoms with E-state index in [9.17, 15) is 0 Å². The van der Waals surface area contributed by atoms with Gasteiger partial charge >= 0.3 is 0 Å². The van der Waals surface area contributed by atoms with Crippen molar-refractivity contribution in [2.75, 3.05) is 0 Å². The number of hydrogen-bond donors (Lipinski definition) is 0. The Morgan fingerprint density at radius 3 is 1.26 bits per heavy atom. The fourth-order valence-corrected chi connectivity index (χ4v) is 13.5. The largest absolute Gasteiger partial charge is 0.458 e. The molecule has 92 heavy (non-hydrogen) atoms. The van der Waals surface area contributed by atoms with E-state index < -0.39 is 0 Å². The average molecular weight is 1250 g/mol. The molecule has 0 atom stereocenters. The average Bonchev–Trinajstić information content (AvgIpc) is 1.63. The van der Waals surface area contributed by atoms with Crippen LogP contribution in [0.25, 0.3) is 98.4 Å². The summed E-state index contributed by atoms with van der Waals surface area (Å²) in [5.41, 5.74) is 18.6. The van der Waals surface area contributed by atoms with Crippen molar-refractivity contribution in [1.29, 1.82) is 0 Å². The van der Waals surface area contributed by atoms with Crippen LogP contribution in [0, 0.1) is 41.5 Å². The van der Waals surface area contributed by atoms with Gasteiger partial charge < -0.3 is 8.83 Å². The van der Waals surface area contributed by atoms with Gasteiger partial charge in [0.05, 0.1) is 6.26 Å². The van der Waals surface area contributed by atoms with E-state index in [1.165, 1.54) is 103 Å². The number of fused-ring (bicyclic) bond motifs is 3. The first-order chi connectivity index (χ1) is 44.7. The maximum absolute atomic E-state index is 5.94. The maximum atomic E-state index is 5.94. The number of aromatic nitrogens is 6. The first kappa shape index (κ1) is 64.7. The number of para-hydroxylation sites is 1. The Balaban J connectivity index is 0.000000122. The maximum Gasteiger partial charge on any atom is 0.248 e. The number of thiophene rings is 2. The third-order valence-corrected chi connectivity index (χ3v) is 18.8. The van der Waals surface area contributed by atoms with E-state index in [1.807, 2.05) is 116 Å². The number of benzene rings is 5. The summed E-state index contributed by atoms with van der Waals surface area (Å²) in [5, 5.41) is 7.29. The second-order valence-corrected chi connectivity index (χ2v) is 24.9. The lowest BCUT2D eigenvalue weighted by molar-refractivity contribution is -0.661. The number of pyridine rings is 6. The molecular weight excluding hydrogens is 1170 g/mol. The highest BCUT2D eigenvalue weighted by atomic mass is 32.1. The van der Waals surface area contributed by atoms with Gasteiger partial charge in [-0.25, -0.2) is 18.3 Å². The Labute approximate surface area is 550 Å². The molecule has 0 spiro atoms. The molecule has 15 rings (SSSR count). The van der Waals surface area contributed by atoms with Gasteiger partial charge in [-0.3, -0.25) is 0 Å². The molecule has 5 aromatic carbocycles. The molecule has 458 valence electrons. The summed E-state index contributed by atoms with van der Waals surface area (Å²) in [6.45, 7) is 12.8. The number of hydrogen-bond acceptors (Lipinski definition) is 4. The summed E-state index contributed by atoms with van der Waals surface area (Å²) in [6.07, 6.45) is 14.1. The molecule has 15 aromatic rings. The van der Waals surface area contributed by atoms with Crippen molar-refractivity contribution in [2.45, 2.75) is 41.5 Å². The number of rotatable bonds is 6. The van der Waals surface area contributed by atoms with Crippen molar-refractivity contribution in [1.82, 2.24) is 0 Å². The van der Waals surface area contributed by atoms with Gasteiger partial charge in [-0.2, -0.15) is 9.13 Å². The first-order valence-corrected chi connectivity index (χ1v) is 32.7. The molecule has 10 heterocycles. The number of aryl methyl sites for hydroxylation is 12. The highest BCUT2D eigenvalue weighted by Crippen LogP contribution is 2.37. The second kappa shape index (κ2) is 30.5. The molecule has 0 bridgehead atoms. The molecule has 10 heteroatoms. The first-order valence-electron chi connectivity index (χ1n) is 31.0. The molecule has 0 amide bonds. The number of nitrogens with zero attached hydrogens (tertiary/aromatic N) is 6. The third-order valence-electron chi connectivity index (χ3n) is 16.5. The van der Waals surface area contributed by atoms with E-state index in [0.717, 1.165) is 28.5 Å².